The Morgan fingerprint density at radius 1 is 0.463 bits per heavy atom. The Morgan fingerprint density at radius 3 is 1.49 bits per heavy atom. The van der Waals surface area contributed by atoms with E-state index in [0.717, 1.165) is 4.90 Å². The molecule has 0 aromatic carbocycles. The second-order valence-corrected chi connectivity index (χ2v) is 19.7. The van der Waals surface area contributed by atoms with Crippen molar-refractivity contribution in [2.45, 2.75) is 169 Å². The number of hydrogen-bond donors (Lipinski definition) is 19. The molecule has 34 nitrogen and oxygen atoms in total. The summed E-state index contributed by atoms with van der Waals surface area (Å²) in [7, 11) is 0. The van der Waals surface area contributed by atoms with Crippen molar-refractivity contribution >= 4 is 35.4 Å². The number of ether oxygens (including phenoxy) is 8. The monoisotopic (exact) mass is 1160 g/mol. The predicted octanol–water partition coefficient (Wildman–Crippen LogP) is -12.1. The molecule has 4 heterocycles. The summed E-state index contributed by atoms with van der Waals surface area (Å²) in [6.45, 7) is -0.460. The van der Waals surface area contributed by atoms with Crippen molar-refractivity contribution in [3.8, 4) is 0 Å². The van der Waals surface area contributed by atoms with Gasteiger partial charge < -0.3 is 136 Å². The van der Waals surface area contributed by atoms with Crippen molar-refractivity contribution in [1.29, 1.82) is 0 Å². The van der Waals surface area contributed by atoms with E-state index in [1.165, 1.54) is 6.92 Å². The molecule has 4 rings (SSSR count). The molecule has 0 spiro atoms. The van der Waals surface area contributed by atoms with Crippen LogP contribution in [0.5, 0.6) is 0 Å². The lowest BCUT2D eigenvalue weighted by atomic mass is 9.96. The molecule has 4 aliphatic rings. The average Bonchev–Trinajstić information content (AvgIpc) is 3.42. The molecule has 0 bridgehead atoms. The standard InChI is InChI=1S/C46H81N7O27/c1-20(2)52-26(57)6-8-48-29(60)15-53(14-28(59)47-7-4-5-25(56)49-9-11-73-43-38(69)35(66)31(62)21(3)76-43)16-30(61)51-13-27(58)50-10-12-74-45-41(72)42(80-46-40(71)37(68)33(64)23(18-55)78-46)34(65)24(79-45)19-75-44-39(70)36(67)32(63)22(17-54)77-44/h20-24,31-46,54-55,62-72H,4-19H2,1-3H3,(H,47,59)(H,48,60)(H,49,56)(H,50,58)(H,51,61)(H,52,57)/t21-,22+,23+,24+,31+,32+,33+,34+,35+,36-,37-,38-,39-,40-,41-,42-,43+,44-,45-,46+/m0/s1. The molecule has 80 heavy (non-hydrogen) atoms. The summed E-state index contributed by atoms with van der Waals surface area (Å²) < 4.78 is 44.0. The zero-order chi connectivity index (χ0) is 59.4. The molecule has 20 atom stereocenters. The van der Waals surface area contributed by atoms with E-state index in [1.54, 1.807) is 13.8 Å². The van der Waals surface area contributed by atoms with Crippen molar-refractivity contribution in [2.75, 3.05) is 85.4 Å². The van der Waals surface area contributed by atoms with E-state index in [9.17, 15) is 95.2 Å². The zero-order valence-corrected chi connectivity index (χ0v) is 44.4. The molecule has 0 radical (unpaired) electrons. The lowest BCUT2D eigenvalue weighted by Gasteiger charge is -2.46. The van der Waals surface area contributed by atoms with Gasteiger partial charge in [0.05, 0.1) is 65.3 Å². The number of carbonyl (C=O) groups is 6. The van der Waals surface area contributed by atoms with E-state index in [2.05, 4.69) is 31.9 Å². The van der Waals surface area contributed by atoms with Gasteiger partial charge in [0, 0.05) is 45.1 Å². The first-order valence-electron chi connectivity index (χ1n) is 26.0. The predicted molar refractivity (Wildman–Crippen MR) is 262 cm³/mol. The van der Waals surface area contributed by atoms with Crippen molar-refractivity contribution in [3.63, 3.8) is 0 Å². The summed E-state index contributed by atoms with van der Waals surface area (Å²) in [4.78, 5) is 77.3. The zero-order valence-electron chi connectivity index (χ0n) is 44.4. The Balaban J connectivity index is 1.27. The molecule has 19 N–H and O–H groups in total. The van der Waals surface area contributed by atoms with Crippen molar-refractivity contribution in [1.82, 2.24) is 36.8 Å². The highest BCUT2D eigenvalue weighted by atomic mass is 16.8. The second kappa shape index (κ2) is 33.9. The summed E-state index contributed by atoms with van der Waals surface area (Å²) >= 11 is 0. The van der Waals surface area contributed by atoms with Crippen molar-refractivity contribution in [3.05, 3.63) is 0 Å². The van der Waals surface area contributed by atoms with E-state index >= 15 is 0 Å². The second-order valence-electron chi connectivity index (χ2n) is 19.7. The Labute approximate surface area is 458 Å². The van der Waals surface area contributed by atoms with Gasteiger partial charge in [0.2, 0.25) is 35.4 Å². The summed E-state index contributed by atoms with van der Waals surface area (Å²) in [6.07, 6.45) is -32.8. The number of nitrogens with zero attached hydrogens (tertiary/aromatic N) is 1. The summed E-state index contributed by atoms with van der Waals surface area (Å²) in [5.41, 5.74) is 0. The third-order valence-electron chi connectivity index (χ3n) is 12.9. The quantitative estimate of drug-likeness (QED) is 0.0287. The van der Waals surface area contributed by atoms with Crippen LogP contribution in [0.2, 0.25) is 0 Å². The lowest BCUT2D eigenvalue weighted by molar-refractivity contribution is -0.366. The number of carbonyl (C=O) groups excluding carboxylic acids is 6. The molecular weight excluding hydrogens is 1080 g/mol. The van der Waals surface area contributed by atoms with Gasteiger partial charge in [0.15, 0.2) is 25.2 Å². The number of aliphatic hydroxyl groups is 13. The number of rotatable bonds is 31. The van der Waals surface area contributed by atoms with Gasteiger partial charge in [0.25, 0.3) is 0 Å². The molecule has 34 heteroatoms. The SMILES string of the molecule is CC(C)NC(=O)CCNC(=O)CN(CC(=O)NCCCC(=O)NCCO[C@@H]1O[C@@H](C)[C@@H](O)[C@@H](O)[C@@H]1O)CC(=O)NCC(=O)NCCO[C@H]1O[C@H](CO[C@H]2O[C@H](CO)[C@@H](O)[C@H](O)[C@@H]2O)[C@@H](O)[C@H](O[C@H]2O[C@H](CO)[C@@H](O)[C@H](O)[C@@H]2O)[C@@H]1O. The number of aliphatic hydroxyl groups excluding tert-OH is 13. The number of nitrogens with one attached hydrogen (secondary N) is 6. The molecule has 6 amide bonds. The van der Waals surface area contributed by atoms with Crippen LogP contribution in [0.4, 0.5) is 0 Å². The molecule has 0 aromatic heterocycles. The van der Waals surface area contributed by atoms with Crippen LogP contribution in [-0.4, -0.2) is 321 Å². The van der Waals surface area contributed by atoms with E-state index in [4.69, 9.17) is 37.9 Å². The van der Waals surface area contributed by atoms with Crippen molar-refractivity contribution in [2.24, 2.45) is 0 Å². The summed E-state index contributed by atoms with van der Waals surface area (Å²) in [5.74, 6) is -3.59. The first-order chi connectivity index (χ1) is 37.9. The maximum absolute atomic E-state index is 13.1. The highest BCUT2D eigenvalue weighted by Crippen LogP contribution is 2.31. The molecule has 4 saturated heterocycles. The van der Waals surface area contributed by atoms with Crippen molar-refractivity contribution < 1.29 is 133 Å². The maximum Gasteiger partial charge on any atom is 0.239 e. The van der Waals surface area contributed by atoms with E-state index < -0.39 is 205 Å². The van der Waals surface area contributed by atoms with Crippen LogP contribution in [0, 0.1) is 0 Å². The highest BCUT2D eigenvalue weighted by Gasteiger charge is 2.52. The molecule has 4 fully saturated rings. The van der Waals surface area contributed by atoms with Crippen LogP contribution in [0.3, 0.4) is 0 Å². The van der Waals surface area contributed by atoms with Crippen LogP contribution < -0.4 is 31.9 Å². The normalized spacial score (nSPS) is 34.6. The Kier molecular flexibility index (Phi) is 29.0. The van der Waals surface area contributed by atoms with Crippen LogP contribution >= 0.6 is 0 Å². The maximum atomic E-state index is 13.1. The fraction of sp³-hybridized carbons (Fsp3) is 0.870. The van der Waals surface area contributed by atoms with E-state index in [1.807, 2.05) is 0 Å². The minimum atomic E-state index is -1.98. The van der Waals surface area contributed by atoms with Gasteiger partial charge in [-0.3, -0.25) is 33.7 Å². The van der Waals surface area contributed by atoms with Gasteiger partial charge in [-0.25, -0.2) is 0 Å². The minimum absolute atomic E-state index is 0.00796. The molecular formula is C46H81N7O27. The molecule has 4 aliphatic heterocycles. The first kappa shape index (κ1) is 68.4. The van der Waals surface area contributed by atoms with Gasteiger partial charge in [-0.2, -0.15) is 0 Å². The van der Waals surface area contributed by atoms with Gasteiger partial charge >= 0.3 is 0 Å². The smallest absolute Gasteiger partial charge is 0.239 e. The Hall–Kier alpha value is -4.06. The molecule has 0 unspecified atom stereocenters. The topological polar surface area (TPSA) is 515 Å². The van der Waals surface area contributed by atoms with E-state index in [0.29, 0.717) is 0 Å². The van der Waals surface area contributed by atoms with Crippen LogP contribution in [0.1, 0.15) is 40.0 Å². The average molecular weight is 1160 g/mol. The van der Waals surface area contributed by atoms with Gasteiger partial charge in [-0.15, -0.1) is 0 Å². The van der Waals surface area contributed by atoms with Gasteiger partial charge in [-0.05, 0) is 27.2 Å². The largest absolute Gasteiger partial charge is 0.394 e. The third-order valence-corrected chi connectivity index (χ3v) is 12.9. The Bertz CT molecular complexity index is 1930. The Morgan fingerprint density at radius 2 is 0.925 bits per heavy atom. The fourth-order valence-corrected chi connectivity index (χ4v) is 8.41. The molecule has 0 aliphatic carbocycles. The van der Waals surface area contributed by atoms with Gasteiger partial charge in [0.1, 0.15) is 91.6 Å². The van der Waals surface area contributed by atoms with Crippen LogP contribution in [0.15, 0.2) is 0 Å². The van der Waals surface area contributed by atoms with Gasteiger partial charge in [-0.1, -0.05) is 0 Å². The molecule has 0 saturated carbocycles. The number of hydrogen-bond acceptors (Lipinski definition) is 28. The fourth-order valence-electron chi connectivity index (χ4n) is 8.41. The summed E-state index contributed by atoms with van der Waals surface area (Å²) in [5, 5.41) is 149. The van der Waals surface area contributed by atoms with Crippen LogP contribution in [0.25, 0.3) is 0 Å². The van der Waals surface area contributed by atoms with Crippen LogP contribution in [-0.2, 0) is 66.7 Å². The molecule has 0 aromatic rings. The third kappa shape index (κ3) is 21.0. The van der Waals surface area contributed by atoms with E-state index in [-0.39, 0.29) is 64.0 Å². The highest BCUT2D eigenvalue weighted by molar-refractivity contribution is 5.87. The molecule has 462 valence electrons. The number of amides is 6. The lowest BCUT2D eigenvalue weighted by Crippen LogP contribution is -2.65. The summed E-state index contributed by atoms with van der Waals surface area (Å²) in [6, 6.07) is -0.141. The minimum Gasteiger partial charge on any atom is -0.394 e. The first-order valence-corrected chi connectivity index (χ1v) is 26.0.